The summed E-state index contributed by atoms with van der Waals surface area (Å²) in [5, 5.41) is 0.915. The summed E-state index contributed by atoms with van der Waals surface area (Å²) < 4.78 is 46.1. The van der Waals surface area contributed by atoms with E-state index in [0.717, 1.165) is 22.2 Å². The standard InChI is InChI=1S/C29H33F3N4O3/c1-27(2,3)39-26(38)34-15-11-28(12-16-34)22-9-13-33-18-24(22)36(25(28)37)19-21-17-20-7-4-5-8-23(20)35(21)14-6-10-29(30,31)32/h4-5,7-9,13,17-18H,6,10-12,14-16,19H2,1-3H3. The van der Waals surface area contributed by atoms with Crippen LogP contribution >= 0.6 is 0 Å². The van der Waals surface area contributed by atoms with Gasteiger partial charge in [-0.1, -0.05) is 18.2 Å². The monoisotopic (exact) mass is 542 g/mol. The Bertz CT molecular complexity index is 1380. The number of carbonyl (C=O) groups is 2. The number of aryl methyl sites for hydroxylation is 1. The highest BCUT2D eigenvalue weighted by atomic mass is 19.4. The highest BCUT2D eigenvalue weighted by molar-refractivity contribution is 6.08. The molecule has 0 aliphatic carbocycles. The third-order valence-electron chi connectivity index (χ3n) is 7.59. The Labute approximate surface area is 225 Å². The fourth-order valence-electron chi connectivity index (χ4n) is 5.79. The fourth-order valence-corrected chi connectivity index (χ4v) is 5.79. The number of hydrogen-bond donors (Lipinski definition) is 0. The molecule has 2 amide bonds. The molecule has 1 aromatic carbocycles. The fraction of sp³-hybridized carbons (Fsp3) is 0.483. The zero-order valence-electron chi connectivity index (χ0n) is 22.4. The maximum absolute atomic E-state index is 14.1. The van der Waals surface area contributed by atoms with Crippen LogP contribution in [0.4, 0.5) is 23.7 Å². The van der Waals surface area contributed by atoms with Crippen LogP contribution in [0.5, 0.6) is 0 Å². The van der Waals surface area contributed by atoms with Crippen LogP contribution in [0.3, 0.4) is 0 Å². The number of alkyl halides is 3. The van der Waals surface area contributed by atoms with Crippen LogP contribution in [0.25, 0.3) is 10.9 Å². The molecule has 1 saturated heterocycles. The lowest BCUT2D eigenvalue weighted by atomic mass is 9.74. The van der Waals surface area contributed by atoms with Gasteiger partial charge in [0.05, 0.1) is 23.8 Å². The molecule has 1 fully saturated rings. The Morgan fingerprint density at radius 3 is 2.51 bits per heavy atom. The average molecular weight is 543 g/mol. The van der Waals surface area contributed by atoms with Crippen LogP contribution in [0, 0.1) is 0 Å². The molecule has 2 aromatic heterocycles. The topological polar surface area (TPSA) is 67.7 Å². The molecule has 1 spiro atoms. The van der Waals surface area contributed by atoms with Crippen molar-refractivity contribution in [2.45, 2.75) is 76.7 Å². The second-order valence-electron chi connectivity index (χ2n) is 11.4. The summed E-state index contributed by atoms with van der Waals surface area (Å²) in [4.78, 5) is 34.4. The van der Waals surface area contributed by atoms with E-state index >= 15 is 0 Å². The van der Waals surface area contributed by atoms with E-state index in [1.807, 2.05) is 61.7 Å². The first kappa shape index (κ1) is 27.0. The van der Waals surface area contributed by atoms with E-state index in [4.69, 9.17) is 4.74 Å². The van der Waals surface area contributed by atoms with E-state index in [1.165, 1.54) is 0 Å². The number of benzene rings is 1. The van der Waals surface area contributed by atoms with Crippen LogP contribution in [-0.2, 0) is 28.0 Å². The molecule has 2 aliphatic heterocycles. The second-order valence-corrected chi connectivity index (χ2v) is 11.4. The number of fused-ring (bicyclic) bond motifs is 3. The lowest BCUT2D eigenvalue weighted by Gasteiger charge is -2.38. The quantitative estimate of drug-likeness (QED) is 0.385. The van der Waals surface area contributed by atoms with Crippen LogP contribution in [0.2, 0.25) is 0 Å². The number of halogens is 3. The molecule has 208 valence electrons. The highest BCUT2D eigenvalue weighted by Gasteiger charge is 2.53. The molecule has 39 heavy (non-hydrogen) atoms. The van der Waals surface area contributed by atoms with E-state index in [-0.39, 0.29) is 25.4 Å². The van der Waals surface area contributed by atoms with Gasteiger partial charge in [-0.2, -0.15) is 13.2 Å². The number of pyridine rings is 1. The number of ether oxygens (including phenoxy) is 1. The molecule has 2 aliphatic rings. The van der Waals surface area contributed by atoms with Gasteiger partial charge in [-0.25, -0.2) is 4.79 Å². The summed E-state index contributed by atoms with van der Waals surface area (Å²) in [6, 6.07) is 11.4. The summed E-state index contributed by atoms with van der Waals surface area (Å²) in [5.41, 5.74) is 1.80. The number of piperidine rings is 1. The zero-order valence-corrected chi connectivity index (χ0v) is 22.4. The van der Waals surface area contributed by atoms with Gasteiger partial charge in [0, 0.05) is 43.5 Å². The number of carbonyl (C=O) groups excluding carboxylic acids is 2. The third kappa shape index (κ3) is 5.33. The van der Waals surface area contributed by atoms with Gasteiger partial charge in [0.25, 0.3) is 0 Å². The Morgan fingerprint density at radius 2 is 1.82 bits per heavy atom. The van der Waals surface area contributed by atoms with E-state index < -0.39 is 29.7 Å². The molecule has 5 rings (SSSR count). The van der Waals surface area contributed by atoms with Crippen molar-refractivity contribution < 1.29 is 27.5 Å². The minimum Gasteiger partial charge on any atom is -0.444 e. The number of para-hydroxylation sites is 1. The number of anilines is 1. The minimum atomic E-state index is -4.22. The summed E-state index contributed by atoms with van der Waals surface area (Å²) in [5.74, 6) is -0.0681. The number of hydrogen-bond acceptors (Lipinski definition) is 4. The molecule has 0 bridgehead atoms. The lowest BCUT2D eigenvalue weighted by Crippen LogP contribution is -2.50. The van der Waals surface area contributed by atoms with Gasteiger partial charge in [-0.15, -0.1) is 0 Å². The van der Waals surface area contributed by atoms with Crippen molar-refractivity contribution in [3.8, 4) is 0 Å². The first-order valence-electron chi connectivity index (χ1n) is 13.3. The molecule has 0 radical (unpaired) electrons. The van der Waals surface area contributed by atoms with Crippen molar-refractivity contribution in [3.05, 3.63) is 60.0 Å². The van der Waals surface area contributed by atoms with Crippen molar-refractivity contribution in [2.24, 2.45) is 0 Å². The maximum atomic E-state index is 14.1. The van der Waals surface area contributed by atoms with Gasteiger partial charge in [0.15, 0.2) is 0 Å². The number of amides is 2. The predicted molar refractivity (Wildman–Crippen MR) is 141 cm³/mol. The molecule has 0 unspecified atom stereocenters. The molecule has 10 heteroatoms. The van der Waals surface area contributed by atoms with Crippen molar-refractivity contribution in [1.82, 2.24) is 14.5 Å². The van der Waals surface area contributed by atoms with E-state index in [9.17, 15) is 22.8 Å². The smallest absolute Gasteiger partial charge is 0.410 e. The highest BCUT2D eigenvalue weighted by Crippen LogP contribution is 2.48. The molecule has 0 N–H and O–H groups in total. The first-order valence-corrected chi connectivity index (χ1v) is 13.3. The number of aromatic nitrogens is 2. The summed E-state index contributed by atoms with van der Waals surface area (Å²) >= 11 is 0. The van der Waals surface area contributed by atoms with Crippen LogP contribution in [0.1, 0.15) is 57.7 Å². The van der Waals surface area contributed by atoms with Gasteiger partial charge in [-0.05, 0) is 69.2 Å². The summed E-state index contributed by atoms with van der Waals surface area (Å²) in [7, 11) is 0. The van der Waals surface area contributed by atoms with Crippen molar-refractivity contribution >= 4 is 28.6 Å². The SMILES string of the molecule is CC(C)(C)OC(=O)N1CCC2(CC1)C(=O)N(Cc1cc3ccccc3n1CCCC(F)(F)F)c1cnccc12. The molecular formula is C29H33F3N4O3. The second kappa shape index (κ2) is 9.88. The molecule has 4 heterocycles. The molecule has 7 nitrogen and oxygen atoms in total. The summed E-state index contributed by atoms with van der Waals surface area (Å²) in [6.07, 6.45) is -1.28. The Kier molecular flexibility index (Phi) is 6.84. The van der Waals surface area contributed by atoms with E-state index in [0.29, 0.717) is 31.6 Å². The normalized spacial score (nSPS) is 17.2. The van der Waals surface area contributed by atoms with E-state index in [1.54, 1.807) is 22.2 Å². The average Bonchev–Trinajstić information content (AvgIpc) is 3.32. The van der Waals surface area contributed by atoms with Crippen LogP contribution in [-0.4, -0.2) is 51.3 Å². The number of nitrogens with zero attached hydrogens (tertiary/aromatic N) is 4. The summed E-state index contributed by atoms with van der Waals surface area (Å²) in [6.45, 7) is 6.64. The predicted octanol–water partition coefficient (Wildman–Crippen LogP) is 6.19. The van der Waals surface area contributed by atoms with Gasteiger partial charge in [-0.3, -0.25) is 9.78 Å². The minimum absolute atomic E-state index is 0.0499. The van der Waals surface area contributed by atoms with Crippen molar-refractivity contribution in [1.29, 1.82) is 0 Å². The van der Waals surface area contributed by atoms with Gasteiger partial charge >= 0.3 is 12.3 Å². The molecule has 3 aromatic rings. The van der Waals surface area contributed by atoms with E-state index in [2.05, 4.69) is 4.98 Å². The van der Waals surface area contributed by atoms with Crippen molar-refractivity contribution in [3.63, 3.8) is 0 Å². The molecule has 0 saturated carbocycles. The largest absolute Gasteiger partial charge is 0.444 e. The first-order chi connectivity index (χ1) is 18.4. The number of rotatable bonds is 5. The number of likely N-dealkylation sites (tertiary alicyclic amines) is 1. The third-order valence-corrected chi connectivity index (χ3v) is 7.59. The zero-order chi connectivity index (χ0) is 28.0. The van der Waals surface area contributed by atoms with Gasteiger partial charge < -0.3 is 19.1 Å². The van der Waals surface area contributed by atoms with Crippen LogP contribution in [0.15, 0.2) is 48.8 Å². The van der Waals surface area contributed by atoms with Gasteiger partial charge in [0.1, 0.15) is 5.60 Å². The van der Waals surface area contributed by atoms with Crippen molar-refractivity contribution in [2.75, 3.05) is 18.0 Å². The Morgan fingerprint density at radius 1 is 1.10 bits per heavy atom. The van der Waals surface area contributed by atoms with Gasteiger partial charge in [0.2, 0.25) is 5.91 Å². The Hall–Kier alpha value is -3.56. The van der Waals surface area contributed by atoms with Crippen LogP contribution < -0.4 is 4.90 Å². The Balaban J connectivity index is 1.42. The molecule has 0 atom stereocenters. The molecular weight excluding hydrogens is 509 g/mol. The lowest BCUT2D eigenvalue weighted by molar-refractivity contribution is -0.135. The maximum Gasteiger partial charge on any atom is 0.410 e.